The normalized spacial score (nSPS) is 9.83. The molecule has 0 radical (unpaired) electrons. The van der Waals surface area contributed by atoms with E-state index in [0.717, 1.165) is 18.7 Å². The van der Waals surface area contributed by atoms with E-state index in [0.29, 0.717) is 0 Å². The van der Waals surface area contributed by atoms with Gasteiger partial charge in [0.05, 0.1) is 0 Å². The van der Waals surface area contributed by atoms with Crippen molar-refractivity contribution in [1.29, 1.82) is 0 Å². The number of hydrogen-bond acceptors (Lipinski definition) is 2. The second-order valence-corrected chi connectivity index (χ2v) is 2.76. The summed E-state index contributed by atoms with van der Waals surface area (Å²) in [6.45, 7) is 5.14. The second kappa shape index (κ2) is 4.00. The number of nitrogens with two attached hydrogens (primary N) is 1. The van der Waals surface area contributed by atoms with Crippen LogP contribution in [0.15, 0.2) is 18.2 Å². The third-order valence-corrected chi connectivity index (χ3v) is 1.93. The van der Waals surface area contributed by atoms with E-state index in [9.17, 15) is 0 Å². The fourth-order valence-electron chi connectivity index (χ4n) is 1.36. The third kappa shape index (κ3) is 1.70. The van der Waals surface area contributed by atoms with Gasteiger partial charge in [-0.3, -0.25) is 0 Å². The van der Waals surface area contributed by atoms with Crippen LogP contribution in [-0.2, 0) is 6.42 Å². The average molecular weight is 164 g/mol. The molecule has 0 bridgehead atoms. The van der Waals surface area contributed by atoms with Crippen molar-refractivity contribution in [2.45, 2.75) is 20.3 Å². The molecule has 0 amide bonds. The van der Waals surface area contributed by atoms with Gasteiger partial charge in [-0.15, -0.1) is 0 Å². The number of hydrogen-bond donors (Lipinski definition) is 2. The number of rotatable bonds is 3. The van der Waals surface area contributed by atoms with Crippen LogP contribution >= 0.6 is 0 Å². The molecule has 2 heteroatoms. The molecule has 1 aromatic carbocycles. The Bertz CT molecular complexity index is 256. The molecule has 66 valence electrons. The minimum Gasteiger partial charge on any atom is -0.398 e. The summed E-state index contributed by atoms with van der Waals surface area (Å²) in [7, 11) is 0. The van der Waals surface area contributed by atoms with E-state index in [1.54, 1.807) is 0 Å². The summed E-state index contributed by atoms with van der Waals surface area (Å²) in [5.41, 5.74) is 9.10. The van der Waals surface area contributed by atoms with E-state index in [4.69, 9.17) is 5.73 Å². The fraction of sp³-hybridized carbons (Fsp3) is 0.400. The van der Waals surface area contributed by atoms with Gasteiger partial charge in [0.1, 0.15) is 0 Å². The molecular formula is C10H16N2. The molecule has 0 fully saturated rings. The summed E-state index contributed by atoms with van der Waals surface area (Å²) in [6.07, 6.45) is 0.981. The maximum atomic E-state index is 5.82. The predicted octanol–water partition coefficient (Wildman–Crippen LogP) is 2.26. The van der Waals surface area contributed by atoms with Crippen molar-refractivity contribution in [2.75, 3.05) is 17.6 Å². The van der Waals surface area contributed by atoms with E-state index in [1.807, 2.05) is 12.1 Å². The topological polar surface area (TPSA) is 38.0 Å². The second-order valence-electron chi connectivity index (χ2n) is 2.76. The van der Waals surface area contributed by atoms with Gasteiger partial charge in [0, 0.05) is 17.9 Å². The monoisotopic (exact) mass is 164 g/mol. The van der Waals surface area contributed by atoms with Crippen molar-refractivity contribution in [3.8, 4) is 0 Å². The molecule has 1 rings (SSSR count). The first-order valence-corrected chi connectivity index (χ1v) is 4.40. The Morgan fingerprint density at radius 3 is 2.67 bits per heavy atom. The standard InChI is InChI=1S/C10H16N2/c1-3-8-9(11)6-5-7-10(8)12-4-2/h5-7,12H,3-4,11H2,1-2H3. The minimum absolute atomic E-state index is 0.885. The highest BCUT2D eigenvalue weighted by Crippen LogP contribution is 2.21. The van der Waals surface area contributed by atoms with Crippen LogP contribution in [0.5, 0.6) is 0 Å². The van der Waals surface area contributed by atoms with Gasteiger partial charge in [0.25, 0.3) is 0 Å². The molecule has 0 aliphatic rings. The summed E-state index contributed by atoms with van der Waals surface area (Å²) in [6, 6.07) is 5.99. The lowest BCUT2D eigenvalue weighted by Crippen LogP contribution is -2.02. The van der Waals surface area contributed by atoms with E-state index < -0.39 is 0 Å². The maximum absolute atomic E-state index is 5.82. The molecule has 0 atom stereocenters. The summed E-state index contributed by atoms with van der Waals surface area (Å²) < 4.78 is 0. The summed E-state index contributed by atoms with van der Waals surface area (Å²) in [4.78, 5) is 0. The van der Waals surface area contributed by atoms with Crippen LogP contribution in [0.25, 0.3) is 0 Å². The first-order chi connectivity index (χ1) is 5.79. The molecule has 0 saturated heterocycles. The summed E-state index contributed by atoms with van der Waals surface area (Å²) >= 11 is 0. The van der Waals surface area contributed by atoms with Crippen LogP contribution in [-0.4, -0.2) is 6.54 Å². The number of anilines is 2. The van der Waals surface area contributed by atoms with Crippen molar-refractivity contribution >= 4 is 11.4 Å². The first-order valence-electron chi connectivity index (χ1n) is 4.40. The molecule has 3 N–H and O–H groups in total. The largest absolute Gasteiger partial charge is 0.398 e. The van der Waals surface area contributed by atoms with Crippen molar-refractivity contribution in [3.05, 3.63) is 23.8 Å². The van der Waals surface area contributed by atoms with Gasteiger partial charge in [-0.2, -0.15) is 0 Å². The van der Waals surface area contributed by atoms with Gasteiger partial charge in [-0.25, -0.2) is 0 Å². The molecular weight excluding hydrogens is 148 g/mol. The Morgan fingerprint density at radius 1 is 1.33 bits per heavy atom. The highest BCUT2D eigenvalue weighted by atomic mass is 14.9. The molecule has 1 aromatic rings. The Kier molecular flexibility index (Phi) is 2.97. The smallest absolute Gasteiger partial charge is 0.0393 e. The van der Waals surface area contributed by atoms with E-state index in [-0.39, 0.29) is 0 Å². The highest BCUT2D eigenvalue weighted by molar-refractivity contribution is 5.63. The van der Waals surface area contributed by atoms with E-state index >= 15 is 0 Å². The van der Waals surface area contributed by atoms with Gasteiger partial charge in [-0.1, -0.05) is 13.0 Å². The van der Waals surface area contributed by atoms with Crippen LogP contribution < -0.4 is 11.1 Å². The molecule has 0 spiro atoms. The molecule has 0 heterocycles. The molecule has 12 heavy (non-hydrogen) atoms. The molecule has 0 saturated carbocycles. The average Bonchev–Trinajstić information content (AvgIpc) is 2.05. The van der Waals surface area contributed by atoms with Gasteiger partial charge in [0.15, 0.2) is 0 Å². The zero-order valence-electron chi connectivity index (χ0n) is 7.72. The Balaban J connectivity index is 3.00. The first kappa shape index (κ1) is 8.91. The van der Waals surface area contributed by atoms with Gasteiger partial charge >= 0.3 is 0 Å². The zero-order valence-corrected chi connectivity index (χ0v) is 7.72. The number of nitrogen functional groups attached to an aromatic ring is 1. The van der Waals surface area contributed by atoms with Crippen LogP contribution in [0.4, 0.5) is 11.4 Å². The zero-order chi connectivity index (χ0) is 8.97. The molecule has 0 unspecified atom stereocenters. The lowest BCUT2D eigenvalue weighted by Gasteiger charge is -2.10. The van der Waals surface area contributed by atoms with E-state index in [1.165, 1.54) is 11.3 Å². The van der Waals surface area contributed by atoms with Crippen molar-refractivity contribution < 1.29 is 0 Å². The van der Waals surface area contributed by atoms with E-state index in [2.05, 4.69) is 25.2 Å². The Labute approximate surface area is 73.8 Å². The van der Waals surface area contributed by atoms with Crippen LogP contribution in [0.1, 0.15) is 19.4 Å². The maximum Gasteiger partial charge on any atom is 0.0393 e. The van der Waals surface area contributed by atoms with Gasteiger partial charge < -0.3 is 11.1 Å². The fourth-order valence-corrected chi connectivity index (χ4v) is 1.36. The quantitative estimate of drug-likeness (QED) is 0.672. The van der Waals surface area contributed by atoms with Crippen LogP contribution in [0, 0.1) is 0 Å². The number of nitrogens with one attached hydrogen (secondary N) is 1. The SMILES string of the molecule is CCNc1cccc(N)c1CC. The van der Waals surface area contributed by atoms with Crippen molar-refractivity contribution in [2.24, 2.45) is 0 Å². The third-order valence-electron chi connectivity index (χ3n) is 1.93. The van der Waals surface area contributed by atoms with Gasteiger partial charge in [-0.05, 0) is 31.0 Å². The van der Waals surface area contributed by atoms with Crippen molar-refractivity contribution in [3.63, 3.8) is 0 Å². The predicted molar refractivity (Wildman–Crippen MR) is 54.4 cm³/mol. The van der Waals surface area contributed by atoms with Crippen LogP contribution in [0.2, 0.25) is 0 Å². The lowest BCUT2D eigenvalue weighted by molar-refractivity contribution is 1.12. The Hall–Kier alpha value is -1.18. The molecule has 2 nitrogen and oxygen atoms in total. The number of benzene rings is 1. The highest BCUT2D eigenvalue weighted by Gasteiger charge is 2.01. The minimum atomic E-state index is 0.885. The molecule has 0 aromatic heterocycles. The molecule has 0 aliphatic carbocycles. The summed E-state index contributed by atoms with van der Waals surface area (Å²) in [5.74, 6) is 0. The van der Waals surface area contributed by atoms with Gasteiger partial charge in [0.2, 0.25) is 0 Å². The molecule has 0 aliphatic heterocycles. The van der Waals surface area contributed by atoms with Crippen molar-refractivity contribution in [1.82, 2.24) is 0 Å². The summed E-state index contributed by atoms with van der Waals surface area (Å²) in [5, 5.41) is 3.29. The van der Waals surface area contributed by atoms with Crippen LogP contribution in [0.3, 0.4) is 0 Å². The Morgan fingerprint density at radius 2 is 2.08 bits per heavy atom. The lowest BCUT2D eigenvalue weighted by atomic mass is 10.1.